The van der Waals surface area contributed by atoms with Crippen LogP contribution in [0, 0.1) is 0 Å². The van der Waals surface area contributed by atoms with Crippen molar-refractivity contribution in [2.45, 2.75) is 50.4 Å². The zero-order valence-corrected chi connectivity index (χ0v) is 13.0. The van der Waals surface area contributed by atoms with Crippen molar-refractivity contribution in [3.05, 3.63) is 29.8 Å². The van der Waals surface area contributed by atoms with Gasteiger partial charge in [-0.1, -0.05) is 19.1 Å². The predicted octanol–water partition coefficient (Wildman–Crippen LogP) is 4.02. The van der Waals surface area contributed by atoms with Crippen molar-refractivity contribution >= 4 is 11.8 Å². The molecule has 1 aromatic carbocycles. The maximum absolute atomic E-state index is 5.29. The normalized spacial score (nSPS) is 24.4. The van der Waals surface area contributed by atoms with Crippen molar-refractivity contribution in [3.63, 3.8) is 0 Å². The summed E-state index contributed by atoms with van der Waals surface area (Å²) in [5.41, 5.74) is 1.31. The summed E-state index contributed by atoms with van der Waals surface area (Å²) in [4.78, 5) is 0. The summed E-state index contributed by atoms with van der Waals surface area (Å²) in [6.45, 7) is 4.50. The third-order valence-corrected chi connectivity index (χ3v) is 5.10. The molecule has 0 amide bonds. The van der Waals surface area contributed by atoms with Crippen molar-refractivity contribution < 1.29 is 4.74 Å². The summed E-state index contributed by atoms with van der Waals surface area (Å²) in [7, 11) is 1.72. The minimum absolute atomic E-state index is 0.394. The molecule has 0 aliphatic heterocycles. The molecule has 1 aliphatic rings. The molecular weight excluding hydrogens is 254 g/mol. The zero-order chi connectivity index (χ0) is 13.7. The first kappa shape index (κ1) is 14.7. The van der Waals surface area contributed by atoms with E-state index in [4.69, 9.17) is 4.74 Å². The number of hydrogen-bond acceptors (Lipinski definition) is 3. The van der Waals surface area contributed by atoms with E-state index in [1.165, 1.54) is 30.6 Å². The number of benzene rings is 1. The Morgan fingerprint density at radius 3 is 3.00 bits per heavy atom. The molecule has 0 bridgehead atoms. The lowest BCUT2D eigenvalue weighted by atomic mass is 10.1. The van der Waals surface area contributed by atoms with Crippen LogP contribution < -0.4 is 10.1 Å². The lowest BCUT2D eigenvalue weighted by molar-refractivity contribution is 0.411. The zero-order valence-electron chi connectivity index (χ0n) is 12.2. The molecule has 0 radical (unpaired) electrons. The predicted molar refractivity (Wildman–Crippen MR) is 84.1 cm³/mol. The maximum atomic E-state index is 5.29. The van der Waals surface area contributed by atoms with Gasteiger partial charge in [-0.05, 0) is 49.6 Å². The minimum Gasteiger partial charge on any atom is -0.497 e. The molecule has 1 aromatic rings. The van der Waals surface area contributed by atoms with E-state index in [1.807, 2.05) is 6.07 Å². The summed E-state index contributed by atoms with van der Waals surface area (Å²) >= 11 is 2.11. The summed E-state index contributed by atoms with van der Waals surface area (Å²) in [6.07, 6.45) is 3.99. The molecule has 1 saturated carbocycles. The molecule has 2 nitrogen and oxygen atoms in total. The second-order valence-electron chi connectivity index (χ2n) is 5.25. The Hall–Kier alpha value is -0.670. The van der Waals surface area contributed by atoms with E-state index in [1.54, 1.807) is 7.11 Å². The molecule has 3 heteroatoms. The molecule has 0 spiro atoms. The fraction of sp³-hybridized carbons (Fsp3) is 0.625. The van der Waals surface area contributed by atoms with Gasteiger partial charge in [-0.2, -0.15) is 11.8 Å². The van der Waals surface area contributed by atoms with Gasteiger partial charge in [0.1, 0.15) is 5.75 Å². The van der Waals surface area contributed by atoms with Crippen LogP contribution in [0.2, 0.25) is 0 Å². The number of rotatable bonds is 6. The van der Waals surface area contributed by atoms with Crippen molar-refractivity contribution in [1.82, 2.24) is 5.32 Å². The Kier molecular flexibility index (Phi) is 5.59. The Morgan fingerprint density at radius 1 is 1.42 bits per heavy atom. The Balaban J connectivity index is 1.88. The highest BCUT2D eigenvalue weighted by Gasteiger charge is 2.25. The Bertz CT molecular complexity index is 396. The van der Waals surface area contributed by atoms with E-state index in [0.717, 1.165) is 11.0 Å². The SMILES string of the molecule is CCSC1CCC(NC(C)c2cccc(OC)c2)C1. The molecule has 1 aliphatic carbocycles. The van der Waals surface area contributed by atoms with Gasteiger partial charge in [0.2, 0.25) is 0 Å². The van der Waals surface area contributed by atoms with Gasteiger partial charge in [0.15, 0.2) is 0 Å². The molecule has 1 fully saturated rings. The Labute approximate surface area is 121 Å². The fourth-order valence-corrected chi connectivity index (χ4v) is 3.98. The van der Waals surface area contributed by atoms with Crippen LogP contribution in [0.15, 0.2) is 24.3 Å². The van der Waals surface area contributed by atoms with Crippen LogP contribution in [0.1, 0.15) is 44.7 Å². The van der Waals surface area contributed by atoms with Gasteiger partial charge in [0, 0.05) is 17.3 Å². The summed E-state index contributed by atoms with van der Waals surface area (Å²) < 4.78 is 5.29. The quantitative estimate of drug-likeness (QED) is 0.850. The lowest BCUT2D eigenvalue weighted by Gasteiger charge is -2.20. The molecular formula is C16H25NOS. The smallest absolute Gasteiger partial charge is 0.119 e. The highest BCUT2D eigenvalue weighted by Crippen LogP contribution is 2.31. The molecule has 3 atom stereocenters. The first-order valence-corrected chi connectivity index (χ1v) is 8.29. The minimum atomic E-state index is 0.394. The first-order valence-electron chi connectivity index (χ1n) is 7.24. The Morgan fingerprint density at radius 2 is 2.26 bits per heavy atom. The molecule has 0 heterocycles. The number of thioether (sulfide) groups is 1. The highest BCUT2D eigenvalue weighted by atomic mass is 32.2. The first-order chi connectivity index (χ1) is 9.22. The van der Waals surface area contributed by atoms with Crippen molar-refractivity contribution in [2.75, 3.05) is 12.9 Å². The van der Waals surface area contributed by atoms with Crippen LogP contribution in [-0.4, -0.2) is 24.2 Å². The van der Waals surface area contributed by atoms with Gasteiger partial charge in [-0.25, -0.2) is 0 Å². The average molecular weight is 279 g/mol. The standard InChI is InChI=1S/C16H25NOS/c1-4-19-16-9-8-14(11-16)17-12(2)13-6-5-7-15(10-13)18-3/h5-7,10,12,14,16-17H,4,8-9,11H2,1-3H3. The van der Waals surface area contributed by atoms with Crippen LogP contribution in [0.3, 0.4) is 0 Å². The largest absolute Gasteiger partial charge is 0.497 e. The fourth-order valence-electron chi connectivity index (χ4n) is 2.84. The van der Waals surface area contributed by atoms with Crippen LogP contribution in [0.4, 0.5) is 0 Å². The highest BCUT2D eigenvalue weighted by molar-refractivity contribution is 7.99. The number of nitrogens with one attached hydrogen (secondary N) is 1. The topological polar surface area (TPSA) is 21.3 Å². The van der Waals surface area contributed by atoms with E-state index < -0.39 is 0 Å². The second kappa shape index (κ2) is 7.20. The molecule has 2 rings (SSSR count). The second-order valence-corrected chi connectivity index (χ2v) is 6.83. The van der Waals surface area contributed by atoms with E-state index in [-0.39, 0.29) is 0 Å². The van der Waals surface area contributed by atoms with Gasteiger partial charge >= 0.3 is 0 Å². The molecule has 19 heavy (non-hydrogen) atoms. The van der Waals surface area contributed by atoms with Crippen LogP contribution in [-0.2, 0) is 0 Å². The van der Waals surface area contributed by atoms with Crippen LogP contribution in [0.5, 0.6) is 5.75 Å². The number of hydrogen-bond donors (Lipinski definition) is 1. The van der Waals surface area contributed by atoms with Gasteiger partial charge in [-0.3, -0.25) is 0 Å². The van der Waals surface area contributed by atoms with Crippen molar-refractivity contribution in [3.8, 4) is 5.75 Å². The summed E-state index contributed by atoms with van der Waals surface area (Å²) in [5.74, 6) is 2.18. The van der Waals surface area contributed by atoms with Gasteiger partial charge in [0.05, 0.1) is 7.11 Å². The third kappa shape index (κ3) is 4.15. The average Bonchev–Trinajstić information content (AvgIpc) is 2.86. The van der Waals surface area contributed by atoms with E-state index in [9.17, 15) is 0 Å². The lowest BCUT2D eigenvalue weighted by Crippen LogP contribution is -2.29. The molecule has 0 saturated heterocycles. The van der Waals surface area contributed by atoms with E-state index >= 15 is 0 Å². The number of methoxy groups -OCH3 is 1. The van der Waals surface area contributed by atoms with Crippen LogP contribution in [0.25, 0.3) is 0 Å². The molecule has 1 N–H and O–H groups in total. The van der Waals surface area contributed by atoms with E-state index in [2.05, 4.69) is 49.1 Å². The maximum Gasteiger partial charge on any atom is 0.119 e. The number of ether oxygens (including phenoxy) is 1. The van der Waals surface area contributed by atoms with Gasteiger partial charge in [0.25, 0.3) is 0 Å². The molecule has 106 valence electrons. The van der Waals surface area contributed by atoms with E-state index in [0.29, 0.717) is 12.1 Å². The molecule has 0 aromatic heterocycles. The van der Waals surface area contributed by atoms with Gasteiger partial charge in [-0.15, -0.1) is 0 Å². The monoisotopic (exact) mass is 279 g/mol. The third-order valence-electron chi connectivity index (χ3n) is 3.87. The van der Waals surface area contributed by atoms with Crippen molar-refractivity contribution in [2.24, 2.45) is 0 Å². The van der Waals surface area contributed by atoms with Crippen LogP contribution >= 0.6 is 11.8 Å². The molecule has 3 unspecified atom stereocenters. The van der Waals surface area contributed by atoms with Crippen molar-refractivity contribution in [1.29, 1.82) is 0 Å². The summed E-state index contributed by atoms with van der Waals surface area (Å²) in [6, 6.07) is 9.44. The summed E-state index contributed by atoms with van der Waals surface area (Å²) in [5, 5.41) is 4.63. The van der Waals surface area contributed by atoms with Gasteiger partial charge < -0.3 is 10.1 Å².